The largest absolute Gasteiger partial charge is 0.497 e. The summed E-state index contributed by atoms with van der Waals surface area (Å²) in [6.45, 7) is 0.663. The van der Waals surface area contributed by atoms with E-state index in [1.165, 1.54) is 0 Å². The summed E-state index contributed by atoms with van der Waals surface area (Å²) in [7, 11) is 1.65. The molecule has 3 heterocycles. The second-order valence-electron chi connectivity index (χ2n) is 7.91. The van der Waals surface area contributed by atoms with E-state index in [-0.39, 0.29) is 17.7 Å². The van der Waals surface area contributed by atoms with Gasteiger partial charge in [0.1, 0.15) is 17.9 Å². The normalized spacial score (nSPS) is 12.2. The van der Waals surface area contributed by atoms with Crippen LogP contribution in [-0.2, 0) is 11.3 Å². The van der Waals surface area contributed by atoms with Gasteiger partial charge in [0.2, 0.25) is 5.91 Å². The number of fused-ring (bicyclic) bond motifs is 2. The number of carbonyl (C=O) groups is 1. The highest BCUT2D eigenvalue weighted by Crippen LogP contribution is 2.34. The Hall–Kier alpha value is -3.71. The molecule has 0 spiro atoms. The minimum absolute atomic E-state index is 0.0600. The van der Waals surface area contributed by atoms with Crippen molar-refractivity contribution in [2.75, 3.05) is 13.7 Å². The molecule has 0 saturated heterocycles. The number of aromatic amines is 1. The molecule has 5 rings (SSSR count). The number of benzene rings is 2. The number of hydrogen-bond acceptors (Lipinski definition) is 4. The highest BCUT2D eigenvalue weighted by atomic mass is 32.1. The van der Waals surface area contributed by atoms with Gasteiger partial charge < -0.3 is 19.6 Å². The number of hydrogen-bond donors (Lipinski definition) is 3. The Morgan fingerprint density at radius 2 is 2.00 bits per heavy atom. The average Bonchev–Trinajstić information content (AvgIpc) is 3.44. The van der Waals surface area contributed by atoms with Gasteiger partial charge >= 0.3 is 0 Å². The van der Waals surface area contributed by atoms with Crippen molar-refractivity contribution in [3.8, 4) is 17.0 Å². The molecule has 5 aromatic rings. The van der Waals surface area contributed by atoms with Gasteiger partial charge in [-0.05, 0) is 42.0 Å². The minimum Gasteiger partial charge on any atom is -0.497 e. The van der Waals surface area contributed by atoms with Crippen LogP contribution in [0, 0.1) is 0 Å². The van der Waals surface area contributed by atoms with Crippen molar-refractivity contribution < 1.29 is 9.53 Å². The molecule has 0 fully saturated rings. The third kappa shape index (κ3) is 4.32. The molecular weight excluding hydrogens is 432 g/mol. The van der Waals surface area contributed by atoms with E-state index in [1.807, 2.05) is 71.4 Å². The van der Waals surface area contributed by atoms with Crippen molar-refractivity contribution in [1.82, 2.24) is 19.9 Å². The summed E-state index contributed by atoms with van der Waals surface area (Å²) in [5.41, 5.74) is 4.80. The molecule has 0 aliphatic heterocycles. The number of pyridine rings is 1. The topological polar surface area (TPSA) is 71.9 Å². The molecule has 2 aromatic carbocycles. The Kier molecular flexibility index (Phi) is 5.79. The summed E-state index contributed by atoms with van der Waals surface area (Å²) in [5.74, 6) is 0.698. The Bertz CT molecular complexity index is 1390. The van der Waals surface area contributed by atoms with Crippen LogP contribution in [0.25, 0.3) is 33.2 Å². The maximum atomic E-state index is 12.8. The first kappa shape index (κ1) is 21.2. The summed E-state index contributed by atoms with van der Waals surface area (Å²) in [5, 5.41) is 4.99. The van der Waals surface area contributed by atoms with Crippen LogP contribution in [0.4, 0.5) is 0 Å². The SMILES string of the molecule is COc1ccc2c(c1)c(-c1cc3cccnc3[nH]1)cn2CC(=O)NCC(S)c1ccccc1. The first-order chi connectivity index (χ1) is 16.1. The number of H-pyrrole nitrogens is 1. The Morgan fingerprint density at radius 3 is 2.79 bits per heavy atom. The molecule has 33 heavy (non-hydrogen) atoms. The van der Waals surface area contributed by atoms with Crippen LogP contribution in [0.5, 0.6) is 5.75 Å². The number of carbonyl (C=O) groups excluding carboxylic acids is 1. The van der Waals surface area contributed by atoms with Crippen molar-refractivity contribution in [3.63, 3.8) is 0 Å². The van der Waals surface area contributed by atoms with Crippen LogP contribution in [0.15, 0.2) is 79.1 Å². The van der Waals surface area contributed by atoms with Gasteiger partial charge in [0, 0.05) is 51.7 Å². The Balaban J connectivity index is 1.42. The summed E-state index contributed by atoms with van der Waals surface area (Å²) in [6.07, 6.45) is 3.77. The molecule has 0 radical (unpaired) electrons. The molecule has 0 saturated carbocycles. The van der Waals surface area contributed by atoms with Crippen LogP contribution >= 0.6 is 12.6 Å². The van der Waals surface area contributed by atoms with Gasteiger partial charge in [-0.3, -0.25) is 4.79 Å². The van der Waals surface area contributed by atoms with Crippen molar-refractivity contribution >= 4 is 40.5 Å². The number of nitrogens with zero attached hydrogens (tertiary/aromatic N) is 2. The van der Waals surface area contributed by atoms with Crippen LogP contribution in [0.3, 0.4) is 0 Å². The third-order valence-corrected chi connectivity index (χ3v) is 6.24. The van der Waals surface area contributed by atoms with E-state index in [4.69, 9.17) is 4.74 Å². The molecule has 3 aromatic heterocycles. The number of thiol groups is 1. The molecular formula is C26H24N4O2S. The summed E-state index contributed by atoms with van der Waals surface area (Å²) < 4.78 is 7.42. The van der Waals surface area contributed by atoms with Crippen molar-refractivity contribution in [3.05, 3.63) is 84.7 Å². The predicted octanol–water partition coefficient (Wildman–Crippen LogP) is 4.98. The summed E-state index contributed by atoms with van der Waals surface area (Å²) >= 11 is 4.63. The van der Waals surface area contributed by atoms with Gasteiger partial charge in [-0.15, -0.1) is 0 Å². The van der Waals surface area contributed by atoms with E-state index >= 15 is 0 Å². The summed E-state index contributed by atoms with van der Waals surface area (Å²) in [6, 6.07) is 21.8. The smallest absolute Gasteiger partial charge is 0.239 e. The second kappa shape index (κ2) is 9.03. The fraction of sp³-hybridized carbons (Fsp3) is 0.154. The molecule has 1 atom stereocenters. The fourth-order valence-corrected chi connectivity index (χ4v) is 4.33. The predicted molar refractivity (Wildman–Crippen MR) is 135 cm³/mol. The molecule has 0 aliphatic rings. The second-order valence-corrected chi connectivity index (χ2v) is 8.53. The van der Waals surface area contributed by atoms with Crippen LogP contribution in [-0.4, -0.2) is 34.1 Å². The van der Waals surface area contributed by atoms with Gasteiger partial charge in [0.05, 0.1) is 7.11 Å². The van der Waals surface area contributed by atoms with Gasteiger partial charge in [0.15, 0.2) is 0 Å². The number of nitrogens with one attached hydrogen (secondary N) is 2. The fourth-order valence-electron chi connectivity index (χ4n) is 4.07. The number of aromatic nitrogens is 3. The van der Waals surface area contributed by atoms with Gasteiger partial charge in [-0.25, -0.2) is 4.98 Å². The number of methoxy groups -OCH3 is 1. The highest BCUT2D eigenvalue weighted by molar-refractivity contribution is 7.80. The van der Waals surface area contributed by atoms with Gasteiger partial charge in [0.25, 0.3) is 0 Å². The average molecular weight is 457 g/mol. The maximum absolute atomic E-state index is 12.8. The van der Waals surface area contributed by atoms with Crippen LogP contribution in [0.2, 0.25) is 0 Å². The summed E-state index contributed by atoms with van der Waals surface area (Å²) in [4.78, 5) is 20.6. The first-order valence-corrected chi connectivity index (χ1v) is 11.2. The monoisotopic (exact) mass is 456 g/mol. The zero-order valence-corrected chi connectivity index (χ0v) is 19.0. The van der Waals surface area contributed by atoms with E-state index in [2.05, 4.69) is 34.0 Å². The lowest BCUT2D eigenvalue weighted by Gasteiger charge is -2.13. The van der Waals surface area contributed by atoms with E-state index in [1.54, 1.807) is 13.3 Å². The van der Waals surface area contributed by atoms with Crippen molar-refractivity contribution in [1.29, 1.82) is 0 Å². The number of amides is 1. The van der Waals surface area contributed by atoms with Gasteiger partial charge in [-0.2, -0.15) is 12.6 Å². The molecule has 0 bridgehead atoms. The van der Waals surface area contributed by atoms with Crippen LogP contribution < -0.4 is 10.1 Å². The standard InChI is InChI=1S/C26H24N4O2S/c1-32-19-9-10-23-20(13-19)21(22-12-18-8-5-11-27-26(18)29-22)15-30(23)16-25(31)28-14-24(33)17-6-3-2-4-7-17/h2-13,15,24,33H,14,16H2,1H3,(H,27,29)(H,28,31). The molecule has 6 nitrogen and oxygen atoms in total. The zero-order valence-electron chi connectivity index (χ0n) is 18.2. The highest BCUT2D eigenvalue weighted by Gasteiger charge is 2.16. The van der Waals surface area contributed by atoms with Crippen LogP contribution in [0.1, 0.15) is 10.8 Å². The quantitative estimate of drug-likeness (QED) is 0.303. The molecule has 2 N–H and O–H groups in total. The van der Waals surface area contributed by atoms with Crippen molar-refractivity contribution in [2.45, 2.75) is 11.8 Å². The lowest BCUT2D eigenvalue weighted by molar-refractivity contribution is -0.121. The first-order valence-electron chi connectivity index (χ1n) is 10.7. The molecule has 166 valence electrons. The molecule has 1 amide bonds. The minimum atomic E-state index is -0.0671. The lowest BCUT2D eigenvalue weighted by Crippen LogP contribution is -2.30. The zero-order chi connectivity index (χ0) is 22.8. The van der Waals surface area contributed by atoms with E-state index in [0.29, 0.717) is 6.54 Å². The third-order valence-electron chi connectivity index (χ3n) is 5.76. The molecule has 0 aliphatic carbocycles. The van der Waals surface area contributed by atoms with E-state index < -0.39 is 0 Å². The van der Waals surface area contributed by atoms with Crippen molar-refractivity contribution in [2.24, 2.45) is 0 Å². The Morgan fingerprint density at radius 1 is 1.15 bits per heavy atom. The van der Waals surface area contributed by atoms with E-state index in [9.17, 15) is 4.79 Å². The molecule has 7 heteroatoms. The number of rotatable bonds is 7. The van der Waals surface area contributed by atoms with Gasteiger partial charge in [-0.1, -0.05) is 30.3 Å². The van der Waals surface area contributed by atoms with E-state index in [0.717, 1.165) is 44.5 Å². The maximum Gasteiger partial charge on any atom is 0.239 e. The Labute approximate surface area is 197 Å². The molecule has 1 unspecified atom stereocenters. The number of ether oxygens (including phenoxy) is 1. The lowest BCUT2D eigenvalue weighted by atomic mass is 10.1.